The molecule has 2 nitrogen and oxygen atoms in total. The Bertz CT molecular complexity index is 145. The Morgan fingerprint density at radius 2 is 1.69 bits per heavy atom. The Morgan fingerprint density at radius 1 is 1.23 bits per heavy atom. The van der Waals surface area contributed by atoms with Crippen LogP contribution in [0.4, 0.5) is 13.2 Å². The van der Waals surface area contributed by atoms with E-state index in [1.54, 1.807) is 13.8 Å². The molecule has 0 rings (SSSR count). The van der Waals surface area contributed by atoms with E-state index in [9.17, 15) is 13.2 Å². The van der Waals surface area contributed by atoms with Gasteiger partial charge in [-0.3, -0.25) is 4.90 Å². The van der Waals surface area contributed by atoms with Crippen molar-refractivity contribution < 1.29 is 18.3 Å². The van der Waals surface area contributed by atoms with E-state index in [0.717, 1.165) is 0 Å². The zero-order valence-corrected chi connectivity index (χ0v) is 8.10. The van der Waals surface area contributed by atoms with Crippen LogP contribution >= 0.6 is 0 Å². The summed E-state index contributed by atoms with van der Waals surface area (Å²) in [5.41, 5.74) is 0. The SMILES string of the molecule is CC(C)N(C[C@@H](C)O)CC(F)(F)F. The van der Waals surface area contributed by atoms with Crippen LogP contribution in [0.5, 0.6) is 0 Å². The number of alkyl halides is 3. The first-order valence-corrected chi connectivity index (χ1v) is 4.21. The van der Waals surface area contributed by atoms with Gasteiger partial charge >= 0.3 is 6.18 Å². The van der Waals surface area contributed by atoms with E-state index in [2.05, 4.69) is 0 Å². The summed E-state index contributed by atoms with van der Waals surface area (Å²) in [7, 11) is 0. The summed E-state index contributed by atoms with van der Waals surface area (Å²) >= 11 is 0. The zero-order chi connectivity index (χ0) is 10.6. The Balaban J connectivity index is 4.11. The molecule has 0 aliphatic carbocycles. The lowest BCUT2D eigenvalue weighted by atomic mass is 10.2. The van der Waals surface area contributed by atoms with E-state index in [1.165, 1.54) is 11.8 Å². The van der Waals surface area contributed by atoms with Crippen molar-refractivity contribution in [3.63, 3.8) is 0 Å². The van der Waals surface area contributed by atoms with Crippen molar-refractivity contribution in [2.75, 3.05) is 13.1 Å². The van der Waals surface area contributed by atoms with Crippen molar-refractivity contribution in [2.24, 2.45) is 0 Å². The van der Waals surface area contributed by atoms with Crippen LogP contribution in [0.2, 0.25) is 0 Å². The Morgan fingerprint density at radius 3 is 1.92 bits per heavy atom. The van der Waals surface area contributed by atoms with Gasteiger partial charge in [0.1, 0.15) is 0 Å². The first-order chi connectivity index (χ1) is 5.72. The van der Waals surface area contributed by atoms with E-state index in [4.69, 9.17) is 5.11 Å². The molecular weight excluding hydrogens is 183 g/mol. The normalized spacial score (nSPS) is 15.5. The summed E-state index contributed by atoms with van der Waals surface area (Å²) in [6.07, 6.45) is -4.93. The zero-order valence-electron chi connectivity index (χ0n) is 8.10. The van der Waals surface area contributed by atoms with Crippen LogP contribution in [0.25, 0.3) is 0 Å². The van der Waals surface area contributed by atoms with Crippen molar-refractivity contribution in [1.29, 1.82) is 0 Å². The number of aliphatic hydroxyl groups is 1. The summed E-state index contributed by atoms with van der Waals surface area (Å²) in [6.45, 7) is 3.92. The molecule has 1 atom stereocenters. The summed E-state index contributed by atoms with van der Waals surface area (Å²) < 4.78 is 36.0. The average Bonchev–Trinajstić information content (AvgIpc) is 1.81. The molecule has 0 fully saturated rings. The second-order valence-electron chi connectivity index (χ2n) is 3.49. The fraction of sp³-hybridized carbons (Fsp3) is 1.00. The highest BCUT2D eigenvalue weighted by molar-refractivity contribution is 4.69. The lowest BCUT2D eigenvalue weighted by molar-refractivity contribution is -0.152. The van der Waals surface area contributed by atoms with Gasteiger partial charge in [-0.1, -0.05) is 0 Å². The van der Waals surface area contributed by atoms with Crippen LogP contribution in [0, 0.1) is 0 Å². The van der Waals surface area contributed by atoms with Gasteiger partial charge in [0.15, 0.2) is 0 Å². The van der Waals surface area contributed by atoms with E-state index in [-0.39, 0.29) is 12.6 Å². The van der Waals surface area contributed by atoms with Gasteiger partial charge in [-0.15, -0.1) is 0 Å². The fourth-order valence-electron chi connectivity index (χ4n) is 1.03. The topological polar surface area (TPSA) is 23.5 Å². The Kier molecular flexibility index (Phi) is 4.70. The highest BCUT2D eigenvalue weighted by Gasteiger charge is 2.31. The molecule has 80 valence electrons. The number of aliphatic hydroxyl groups excluding tert-OH is 1. The smallest absolute Gasteiger partial charge is 0.392 e. The molecule has 0 aliphatic heterocycles. The summed E-state index contributed by atoms with van der Waals surface area (Å²) in [5, 5.41) is 8.96. The minimum absolute atomic E-state index is 0.0528. The molecule has 0 bridgehead atoms. The van der Waals surface area contributed by atoms with Gasteiger partial charge in [0, 0.05) is 12.6 Å². The number of halogens is 3. The molecule has 13 heavy (non-hydrogen) atoms. The first kappa shape index (κ1) is 12.7. The maximum absolute atomic E-state index is 12.0. The Hall–Kier alpha value is -0.290. The highest BCUT2D eigenvalue weighted by Crippen LogP contribution is 2.17. The van der Waals surface area contributed by atoms with E-state index >= 15 is 0 Å². The van der Waals surface area contributed by atoms with E-state index < -0.39 is 18.8 Å². The standard InChI is InChI=1S/C8H16F3NO/c1-6(2)12(4-7(3)13)5-8(9,10)11/h6-7,13H,4-5H2,1-3H3/t7-/m1/s1. The summed E-state index contributed by atoms with van der Waals surface area (Å²) in [5.74, 6) is 0. The third-order valence-electron chi connectivity index (χ3n) is 1.61. The number of nitrogens with zero attached hydrogens (tertiary/aromatic N) is 1. The first-order valence-electron chi connectivity index (χ1n) is 4.21. The molecule has 0 aromatic rings. The minimum atomic E-state index is -4.20. The van der Waals surface area contributed by atoms with Gasteiger partial charge in [-0.2, -0.15) is 13.2 Å². The second-order valence-corrected chi connectivity index (χ2v) is 3.49. The van der Waals surface area contributed by atoms with Crippen LogP contribution in [0.15, 0.2) is 0 Å². The van der Waals surface area contributed by atoms with Gasteiger partial charge in [0.25, 0.3) is 0 Å². The van der Waals surface area contributed by atoms with Gasteiger partial charge in [0.05, 0.1) is 12.6 Å². The number of hydrogen-bond donors (Lipinski definition) is 1. The molecule has 0 aromatic carbocycles. The lowest BCUT2D eigenvalue weighted by Crippen LogP contribution is -2.42. The molecule has 0 heterocycles. The van der Waals surface area contributed by atoms with Crippen LogP contribution in [-0.4, -0.2) is 41.4 Å². The molecular formula is C8H16F3NO. The monoisotopic (exact) mass is 199 g/mol. The number of hydrogen-bond acceptors (Lipinski definition) is 2. The fourth-order valence-corrected chi connectivity index (χ4v) is 1.03. The van der Waals surface area contributed by atoms with Crippen LogP contribution in [-0.2, 0) is 0 Å². The lowest BCUT2D eigenvalue weighted by Gasteiger charge is -2.28. The maximum atomic E-state index is 12.0. The van der Waals surface area contributed by atoms with Crippen molar-refractivity contribution in [3.8, 4) is 0 Å². The van der Waals surface area contributed by atoms with Gasteiger partial charge < -0.3 is 5.11 Å². The van der Waals surface area contributed by atoms with E-state index in [0.29, 0.717) is 0 Å². The van der Waals surface area contributed by atoms with Crippen molar-refractivity contribution in [2.45, 2.75) is 39.1 Å². The molecule has 0 saturated carbocycles. The molecule has 0 amide bonds. The molecule has 0 aromatic heterocycles. The average molecular weight is 199 g/mol. The molecule has 0 spiro atoms. The van der Waals surface area contributed by atoms with Gasteiger partial charge in [-0.05, 0) is 20.8 Å². The largest absolute Gasteiger partial charge is 0.401 e. The molecule has 0 radical (unpaired) electrons. The molecule has 5 heteroatoms. The van der Waals surface area contributed by atoms with Crippen LogP contribution in [0.1, 0.15) is 20.8 Å². The van der Waals surface area contributed by atoms with Crippen LogP contribution < -0.4 is 0 Å². The van der Waals surface area contributed by atoms with Crippen molar-refractivity contribution in [3.05, 3.63) is 0 Å². The highest BCUT2D eigenvalue weighted by atomic mass is 19.4. The van der Waals surface area contributed by atoms with E-state index in [1.807, 2.05) is 0 Å². The van der Waals surface area contributed by atoms with Crippen molar-refractivity contribution in [1.82, 2.24) is 4.90 Å². The van der Waals surface area contributed by atoms with Crippen LogP contribution in [0.3, 0.4) is 0 Å². The Labute approximate surface area is 76.3 Å². The quantitative estimate of drug-likeness (QED) is 0.744. The maximum Gasteiger partial charge on any atom is 0.401 e. The second kappa shape index (κ2) is 4.81. The molecule has 0 saturated heterocycles. The molecule has 0 unspecified atom stereocenters. The molecule has 0 aliphatic rings. The third-order valence-corrected chi connectivity index (χ3v) is 1.61. The minimum Gasteiger partial charge on any atom is -0.392 e. The summed E-state index contributed by atoms with van der Waals surface area (Å²) in [6, 6.07) is -0.212. The van der Waals surface area contributed by atoms with Gasteiger partial charge in [0.2, 0.25) is 0 Å². The van der Waals surface area contributed by atoms with Crippen molar-refractivity contribution >= 4 is 0 Å². The number of rotatable bonds is 4. The predicted molar refractivity (Wildman–Crippen MR) is 44.4 cm³/mol. The predicted octanol–water partition coefficient (Wildman–Crippen LogP) is 1.64. The molecule has 1 N–H and O–H groups in total. The summed E-state index contributed by atoms with van der Waals surface area (Å²) in [4.78, 5) is 1.20. The van der Waals surface area contributed by atoms with Gasteiger partial charge in [-0.25, -0.2) is 0 Å². The third kappa shape index (κ3) is 6.83.